The highest BCUT2D eigenvalue weighted by Crippen LogP contribution is 1.94. The Labute approximate surface area is 81.5 Å². The van der Waals surface area contributed by atoms with Gasteiger partial charge in [0, 0.05) is 6.54 Å². The molecule has 0 radical (unpaired) electrons. The van der Waals surface area contributed by atoms with E-state index < -0.39 is 24.1 Å². The van der Waals surface area contributed by atoms with E-state index in [-0.39, 0.29) is 13.0 Å². The molecule has 6 heteroatoms. The first-order chi connectivity index (χ1) is 6.47. The van der Waals surface area contributed by atoms with Gasteiger partial charge >= 0.3 is 11.9 Å². The predicted molar refractivity (Wildman–Crippen MR) is 48.0 cm³/mol. The number of carboxylic acids is 2. The van der Waals surface area contributed by atoms with E-state index >= 15 is 0 Å². The molecule has 0 saturated heterocycles. The van der Waals surface area contributed by atoms with E-state index in [1.165, 1.54) is 0 Å². The van der Waals surface area contributed by atoms with Gasteiger partial charge < -0.3 is 20.6 Å². The number of carbonyl (C=O) groups is 2. The zero-order chi connectivity index (χ0) is 11.1. The summed E-state index contributed by atoms with van der Waals surface area (Å²) in [4.78, 5) is 20.7. The Balaban J connectivity index is 3.79. The fourth-order valence-electron chi connectivity index (χ4n) is 0.958. The van der Waals surface area contributed by atoms with Crippen LogP contribution in [0.5, 0.6) is 0 Å². The van der Waals surface area contributed by atoms with E-state index in [1.54, 1.807) is 6.92 Å². The van der Waals surface area contributed by atoms with Gasteiger partial charge in [-0.15, -0.1) is 0 Å². The summed E-state index contributed by atoms with van der Waals surface area (Å²) in [6, 6.07) is -0.738. The fourth-order valence-corrected chi connectivity index (χ4v) is 0.958. The zero-order valence-electron chi connectivity index (χ0n) is 7.93. The van der Waals surface area contributed by atoms with Crippen molar-refractivity contribution in [2.75, 3.05) is 6.54 Å². The number of hydrogen-bond acceptors (Lipinski definition) is 4. The summed E-state index contributed by atoms with van der Waals surface area (Å²) in [5.74, 6) is -2.11. The van der Waals surface area contributed by atoms with Crippen molar-refractivity contribution in [3.8, 4) is 0 Å². The van der Waals surface area contributed by atoms with E-state index in [2.05, 4.69) is 5.32 Å². The molecule has 0 amide bonds. The van der Waals surface area contributed by atoms with E-state index in [1.807, 2.05) is 0 Å². The molecule has 82 valence electrons. The largest absolute Gasteiger partial charge is 0.481 e. The number of carboxylic acid groups (broad SMARTS) is 2. The molecule has 0 aromatic rings. The first kappa shape index (κ1) is 12.9. The third-order valence-corrected chi connectivity index (χ3v) is 1.72. The van der Waals surface area contributed by atoms with Crippen molar-refractivity contribution in [1.82, 2.24) is 5.32 Å². The minimum Gasteiger partial charge on any atom is -0.481 e. The van der Waals surface area contributed by atoms with Gasteiger partial charge in [0.1, 0.15) is 6.04 Å². The van der Waals surface area contributed by atoms with Crippen molar-refractivity contribution < 1.29 is 24.9 Å². The monoisotopic (exact) mass is 205 g/mol. The molecule has 2 atom stereocenters. The van der Waals surface area contributed by atoms with Crippen LogP contribution in [-0.2, 0) is 9.59 Å². The molecular weight excluding hydrogens is 190 g/mol. The molecule has 0 heterocycles. The second kappa shape index (κ2) is 6.33. The van der Waals surface area contributed by atoms with Gasteiger partial charge in [0.15, 0.2) is 0 Å². The molecule has 0 bridgehead atoms. The van der Waals surface area contributed by atoms with Crippen LogP contribution in [0.15, 0.2) is 0 Å². The van der Waals surface area contributed by atoms with E-state index in [0.29, 0.717) is 6.42 Å². The normalized spacial score (nSPS) is 14.7. The van der Waals surface area contributed by atoms with Gasteiger partial charge in [0.05, 0.1) is 12.5 Å². The maximum Gasteiger partial charge on any atom is 0.320 e. The van der Waals surface area contributed by atoms with Crippen LogP contribution in [-0.4, -0.2) is 45.9 Å². The van der Waals surface area contributed by atoms with Crippen molar-refractivity contribution in [1.29, 1.82) is 0 Å². The highest BCUT2D eigenvalue weighted by atomic mass is 16.4. The highest BCUT2D eigenvalue weighted by Gasteiger charge is 2.16. The number of rotatable bonds is 7. The van der Waals surface area contributed by atoms with Crippen molar-refractivity contribution in [2.24, 2.45) is 0 Å². The van der Waals surface area contributed by atoms with Crippen molar-refractivity contribution in [3.63, 3.8) is 0 Å². The van der Waals surface area contributed by atoms with Gasteiger partial charge in [0.2, 0.25) is 0 Å². The van der Waals surface area contributed by atoms with Crippen LogP contribution >= 0.6 is 0 Å². The van der Waals surface area contributed by atoms with Gasteiger partial charge in [-0.1, -0.05) is 6.92 Å². The molecule has 0 rings (SSSR count). The molecule has 0 aliphatic carbocycles. The lowest BCUT2D eigenvalue weighted by atomic mass is 10.2. The number of aliphatic hydroxyl groups is 1. The molecule has 0 fully saturated rings. The summed E-state index contributed by atoms with van der Waals surface area (Å²) in [5, 5.41) is 28.6. The Hall–Kier alpha value is -1.14. The van der Waals surface area contributed by atoms with E-state index in [9.17, 15) is 9.59 Å². The number of aliphatic carboxylic acids is 2. The number of nitrogens with one attached hydrogen (secondary N) is 1. The van der Waals surface area contributed by atoms with Crippen molar-refractivity contribution >= 4 is 11.9 Å². The zero-order valence-corrected chi connectivity index (χ0v) is 7.93. The second-order valence-electron chi connectivity index (χ2n) is 2.96. The van der Waals surface area contributed by atoms with Crippen LogP contribution in [0.4, 0.5) is 0 Å². The van der Waals surface area contributed by atoms with Gasteiger partial charge in [-0.3, -0.25) is 9.59 Å². The third kappa shape index (κ3) is 5.50. The Bertz CT molecular complexity index is 206. The molecule has 0 aromatic carbocycles. The highest BCUT2D eigenvalue weighted by molar-refractivity contribution is 5.73. The fraction of sp³-hybridized carbons (Fsp3) is 0.750. The maximum atomic E-state index is 10.5. The Morgan fingerprint density at radius 1 is 1.36 bits per heavy atom. The van der Waals surface area contributed by atoms with Gasteiger partial charge in [-0.05, 0) is 6.42 Å². The molecule has 0 saturated carbocycles. The summed E-state index contributed by atoms with van der Waals surface area (Å²) in [7, 11) is 0. The standard InChI is InChI=1S/C8H15NO5/c1-2-6(8(13)14)9-4-5(10)3-7(11)12/h5-6,9-10H,2-4H2,1H3,(H,11,12)(H,13,14)/t5?,6-/m0/s1. The van der Waals surface area contributed by atoms with Gasteiger partial charge in [0.25, 0.3) is 0 Å². The molecular formula is C8H15NO5. The van der Waals surface area contributed by atoms with Crippen LogP contribution in [0.1, 0.15) is 19.8 Å². The molecule has 6 nitrogen and oxygen atoms in total. The van der Waals surface area contributed by atoms with E-state index in [4.69, 9.17) is 15.3 Å². The number of hydrogen-bond donors (Lipinski definition) is 4. The molecule has 4 N–H and O–H groups in total. The third-order valence-electron chi connectivity index (χ3n) is 1.72. The first-order valence-electron chi connectivity index (χ1n) is 4.33. The average Bonchev–Trinajstić information content (AvgIpc) is 2.03. The Kier molecular flexibility index (Phi) is 5.82. The molecule has 1 unspecified atom stereocenters. The lowest BCUT2D eigenvalue weighted by Crippen LogP contribution is -2.40. The van der Waals surface area contributed by atoms with Crippen molar-refractivity contribution in [3.05, 3.63) is 0 Å². The number of aliphatic hydroxyl groups excluding tert-OH is 1. The summed E-state index contributed by atoms with van der Waals surface area (Å²) < 4.78 is 0. The molecule has 14 heavy (non-hydrogen) atoms. The van der Waals surface area contributed by atoms with Crippen LogP contribution in [0, 0.1) is 0 Å². The molecule has 0 spiro atoms. The topological polar surface area (TPSA) is 107 Å². The minimum absolute atomic E-state index is 0.0306. The lowest BCUT2D eigenvalue weighted by Gasteiger charge is -2.14. The molecule has 0 aliphatic rings. The quantitative estimate of drug-likeness (QED) is 0.436. The second-order valence-corrected chi connectivity index (χ2v) is 2.96. The molecule has 0 aromatic heterocycles. The van der Waals surface area contributed by atoms with Crippen LogP contribution in [0.2, 0.25) is 0 Å². The van der Waals surface area contributed by atoms with Crippen LogP contribution in [0.25, 0.3) is 0 Å². The smallest absolute Gasteiger partial charge is 0.320 e. The maximum absolute atomic E-state index is 10.5. The van der Waals surface area contributed by atoms with E-state index in [0.717, 1.165) is 0 Å². The predicted octanol–water partition coefficient (Wildman–Crippen LogP) is -0.725. The van der Waals surface area contributed by atoms with Gasteiger partial charge in [-0.2, -0.15) is 0 Å². The molecule has 0 aliphatic heterocycles. The van der Waals surface area contributed by atoms with Crippen LogP contribution < -0.4 is 5.32 Å². The Morgan fingerprint density at radius 2 is 1.93 bits per heavy atom. The first-order valence-corrected chi connectivity index (χ1v) is 4.33. The average molecular weight is 205 g/mol. The summed E-state index contributed by atoms with van der Waals surface area (Å²) in [6.45, 7) is 1.66. The Morgan fingerprint density at radius 3 is 2.29 bits per heavy atom. The summed E-state index contributed by atoms with van der Waals surface area (Å²) in [5.41, 5.74) is 0. The summed E-state index contributed by atoms with van der Waals surface area (Å²) in [6.07, 6.45) is -1.06. The van der Waals surface area contributed by atoms with Crippen LogP contribution in [0.3, 0.4) is 0 Å². The lowest BCUT2D eigenvalue weighted by molar-refractivity contribution is -0.139. The SMILES string of the molecule is CC[C@H](NCC(O)CC(=O)O)C(=O)O. The minimum atomic E-state index is -1.11. The summed E-state index contributed by atoms with van der Waals surface area (Å²) >= 11 is 0. The van der Waals surface area contributed by atoms with Gasteiger partial charge in [-0.25, -0.2) is 0 Å². The van der Waals surface area contributed by atoms with Crippen molar-refractivity contribution in [2.45, 2.75) is 31.9 Å².